The molecule has 0 radical (unpaired) electrons. The van der Waals surface area contributed by atoms with Gasteiger partial charge in [-0.25, -0.2) is 4.39 Å². The molecule has 0 amide bonds. The van der Waals surface area contributed by atoms with Crippen LogP contribution in [0.5, 0.6) is 0 Å². The molecule has 0 unspecified atom stereocenters. The van der Waals surface area contributed by atoms with E-state index in [0.29, 0.717) is 11.4 Å². The van der Waals surface area contributed by atoms with Crippen molar-refractivity contribution in [1.82, 2.24) is 0 Å². The zero-order valence-corrected chi connectivity index (χ0v) is 9.42. The summed E-state index contributed by atoms with van der Waals surface area (Å²) in [4.78, 5) is 0. The summed E-state index contributed by atoms with van der Waals surface area (Å²) in [5.74, 6) is -0.298. The molecule has 1 saturated heterocycles. The maximum absolute atomic E-state index is 13.6. The fourth-order valence-electron chi connectivity index (χ4n) is 1.90. The van der Waals surface area contributed by atoms with Crippen molar-refractivity contribution in [2.24, 2.45) is 0 Å². The summed E-state index contributed by atoms with van der Waals surface area (Å²) < 4.78 is 18.9. The Morgan fingerprint density at radius 3 is 2.69 bits per heavy atom. The number of ether oxygens (including phenoxy) is 1. The highest BCUT2D eigenvalue weighted by atomic mass is 19.1. The number of benzene rings is 1. The van der Waals surface area contributed by atoms with E-state index >= 15 is 0 Å². The average Bonchev–Trinajstić information content (AvgIpc) is 2.23. The monoisotopic (exact) mass is 224 g/mol. The predicted molar refractivity (Wildman–Crippen MR) is 62.9 cm³/mol. The van der Waals surface area contributed by atoms with Crippen molar-refractivity contribution in [3.8, 4) is 0 Å². The molecule has 0 bridgehead atoms. The van der Waals surface area contributed by atoms with E-state index in [4.69, 9.17) is 10.5 Å². The van der Waals surface area contributed by atoms with E-state index in [2.05, 4.69) is 12.2 Å². The molecule has 1 aromatic rings. The maximum atomic E-state index is 13.6. The topological polar surface area (TPSA) is 47.3 Å². The number of halogens is 1. The van der Waals surface area contributed by atoms with Gasteiger partial charge in [0, 0.05) is 24.4 Å². The van der Waals surface area contributed by atoms with Gasteiger partial charge in [-0.15, -0.1) is 0 Å². The van der Waals surface area contributed by atoms with Gasteiger partial charge in [0.05, 0.1) is 5.69 Å². The van der Waals surface area contributed by atoms with Crippen molar-refractivity contribution in [2.45, 2.75) is 25.3 Å². The van der Waals surface area contributed by atoms with Crippen LogP contribution in [0.4, 0.5) is 15.8 Å². The molecule has 3 nitrogen and oxygen atoms in total. The summed E-state index contributed by atoms with van der Waals surface area (Å²) in [5.41, 5.74) is 6.37. The fourth-order valence-corrected chi connectivity index (χ4v) is 1.90. The predicted octanol–water partition coefficient (Wildman–Crippen LogP) is 2.39. The third-order valence-corrected chi connectivity index (χ3v) is 3.03. The highest BCUT2D eigenvalue weighted by Gasteiger charge is 2.27. The first-order valence-electron chi connectivity index (χ1n) is 5.50. The van der Waals surface area contributed by atoms with Gasteiger partial charge in [-0.05, 0) is 38.0 Å². The Morgan fingerprint density at radius 2 is 2.06 bits per heavy atom. The molecule has 0 aromatic heterocycles. The summed E-state index contributed by atoms with van der Waals surface area (Å²) in [5, 5.41) is 3.24. The van der Waals surface area contributed by atoms with Crippen molar-refractivity contribution in [1.29, 1.82) is 0 Å². The van der Waals surface area contributed by atoms with Crippen LogP contribution >= 0.6 is 0 Å². The van der Waals surface area contributed by atoms with E-state index in [-0.39, 0.29) is 11.4 Å². The number of nitrogens with two attached hydrogens (primary N) is 1. The highest BCUT2D eigenvalue weighted by molar-refractivity contribution is 5.53. The smallest absolute Gasteiger partial charge is 0.148 e. The minimum atomic E-state index is -0.298. The van der Waals surface area contributed by atoms with E-state index in [0.717, 1.165) is 26.1 Å². The van der Waals surface area contributed by atoms with Gasteiger partial charge in [0.15, 0.2) is 0 Å². The number of anilines is 2. The number of nitrogen functional groups attached to an aromatic ring is 1. The summed E-state index contributed by atoms with van der Waals surface area (Å²) in [7, 11) is 0. The molecule has 16 heavy (non-hydrogen) atoms. The van der Waals surface area contributed by atoms with Gasteiger partial charge < -0.3 is 15.8 Å². The minimum absolute atomic E-state index is 0.0881. The molecule has 0 saturated carbocycles. The van der Waals surface area contributed by atoms with E-state index in [9.17, 15) is 4.39 Å². The Balaban J connectivity index is 2.13. The van der Waals surface area contributed by atoms with Crippen LogP contribution in [-0.2, 0) is 4.74 Å². The maximum Gasteiger partial charge on any atom is 0.148 e. The molecular formula is C12H17FN2O. The van der Waals surface area contributed by atoms with E-state index < -0.39 is 0 Å². The average molecular weight is 224 g/mol. The summed E-state index contributed by atoms with van der Waals surface area (Å²) in [6.07, 6.45) is 1.77. The van der Waals surface area contributed by atoms with Gasteiger partial charge in [0.2, 0.25) is 0 Å². The quantitative estimate of drug-likeness (QED) is 0.758. The molecule has 1 heterocycles. The molecule has 2 rings (SSSR count). The number of hydrogen-bond donors (Lipinski definition) is 2. The van der Waals surface area contributed by atoms with Crippen LogP contribution in [-0.4, -0.2) is 18.8 Å². The zero-order valence-electron chi connectivity index (χ0n) is 9.42. The number of nitrogens with one attached hydrogen (secondary N) is 1. The Bertz CT molecular complexity index is 375. The Hall–Kier alpha value is -1.29. The first-order chi connectivity index (χ1) is 7.59. The number of hydrogen-bond acceptors (Lipinski definition) is 3. The first-order valence-corrected chi connectivity index (χ1v) is 5.50. The van der Waals surface area contributed by atoms with Crippen molar-refractivity contribution in [3.63, 3.8) is 0 Å². The lowest BCUT2D eigenvalue weighted by Gasteiger charge is -2.35. The van der Waals surface area contributed by atoms with Crippen molar-refractivity contribution in [2.75, 3.05) is 24.3 Å². The van der Waals surface area contributed by atoms with E-state index in [1.807, 2.05) is 0 Å². The van der Waals surface area contributed by atoms with E-state index in [1.165, 1.54) is 6.07 Å². The lowest BCUT2D eigenvalue weighted by molar-refractivity contribution is 0.0657. The molecule has 4 heteroatoms. The van der Waals surface area contributed by atoms with Crippen molar-refractivity contribution < 1.29 is 9.13 Å². The van der Waals surface area contributed by atoms with E-state index in [1.54, 1.807) is 12.1 Å². The van der Waals surface area contributed by atoms with Crippen LogP contribution in [0.15, 0.2) is 18.2 Å². The largest absolute Gasteiger partial charge is 0.399 e. The zero-order chi connectivity index (χ0) is 11.6. The van der Waals surface area contributed by atoms with Gasteiger partial charge in [-0.1, -0.05) is 0 Å². The van der Waals surface area contributed by atoms with Crippen LogP contribution < -0.4 is 11.1 Å². The molecule has 88 valence electrons. The third-order valence-electron chi connectivity index (χ3n) is 3.03. The van der Waals surface area contributed by atoms with Crippen LogP contribution in [0, 0.1) is 5.82 Å². The summed E-state index contributed by atoms with van der Waals surface area (Å²) >= 11 is 0. The van der Waals surface area contributed by atoms with Crippen molar-refractivity contribution >= 4 is 11.4 Å². The third kappa shape index (κ3) is 2.44. The second-order valence-electron chi connectivity index (χ2n) is 4.54. The SMILES string of the molecule is CC1(Nc2ccc(N)cc2F)CCOCC1. The highest BCUT2D eigenvalue weighted by Crippen LogP contribution is 2.27. The molecule has 0 aliphatic carbocycles. The second kappa shape index (κ2) is 4.29. The van der Waals surface area contributed by atoms with Gasteiger partial charge in [-0.3, -0.25) is 0 Å². The molecule has 3 N–H and O–H groups in total. The normalized spacial score (nSPS) is 19.4. The van der Waals surface area contributed by atoms with Crippen LogP contribution in [0.3, 0.4) is 0 Å². The van der Waals surface area contributed by atoms with Crippen LogP contribution in [0.25, 0.3) is 0 Å². The van der Waals surface area contributed by atoms with Gasteiger partial charge in [-0.2, -0.15) is 0 Å². The standard InChI is InChI=1S/C12H17FN2O/c1-12(4-6-16-7-5-12)15-11-3-2-9(14)8-10(11)13/h2-3,8,15H,4-7,14H2,1H3. The number of rotatable bonds is 2. The Labute approximate surface area is 94.8 Å². The molecule has 1 aliphatic heterocycles. The summed E-state index contributed by atoms with van der Waals surface area (Å²) in [6, 6.07) is 4.73. The van der Waals surface area contributed by atoms with Gasteiger partial charge in [0.1, 0.15) is 5.82 Å². The molecule has 0 atom stereocenters. The second-order valence-corrected chi connectivity index (χ2v) is 4.54. The van der Waals surface area contributed by atoms with Crippen LogP contribution in [0.2, 0.25) is 0 Å². The lowest BCUT2D eigenvalue weighted by atomic mass is 9.92. The molecule has 0 spiro atoms. The van der Waals surface area contributed by atoms with Gasteiger partial charge in [0.25, 0.3) is 0 Å². The fraction of sp³-hybridized carbons (Fsp3) is 0.500. The first kappa shape index (κ1) is 11.2. The minimum Gasteiger partial charge on any atom is -0.399 e. The Kier molecular flexibility index (Phi) is 3.01. The molecule has 1 aliphatic rings. The molecule has 1 fully saturated rings. The van der Waals surface area contributed by atoms with Crippen molar-refractivity contribution in [3.05, 3.63) is 24.0 Å². The molecule has 1 aromatic carbocycles. The summed E-state index contributed by atoms with van der Waals surface area (Å²) in [6.45, 7) is 3.53. The lowest BCUT2D eigenvalue weighted by Crippen LogP contribution is -2.40. The molecular weight excluding hydrogens is 207 g/mol. The Morgan fingerprint density at radius 1 is 1.38 bits per heavy atom. The van der Waals surface area contributed by atoms with Crippen LogP contribution in [0.1, 0.15) is 19.8 Å². The van der Waals surface area contributed by atoms with Gasteiger partial charge >= 0.3 is 0 Å².